The third-order valence-electron chi connectivity index (χ3n) is 3.44. The molecule has 0 radical (unpaired) electrons. The zero-order valence-corrected chi connectivity index (χ0v) is 14.0. The first kappa shape index (κ1) is 19.8. The van der Waals surface area contributed by atoms with Crippen LogP contribution in [-0.4, -0.2) is 78.0 Å². The van der Waals surface area contributed by atoms with Crippen molar-refractivity contribution in [2.24, 2.45) is 0 Å². The van der Waals surface area contributed by atoms with E-state index in [9.17, 15) is 4.79 Å². The lowest BCUT2D eigenvalue weighted by Gasteiger charge is -2.43. The van der Waals surface area contributed by atoms with Crippen molar-refractivity contribution < 1.29 is 38.0 Å². The van der Waals surface area contributed by atoms with E-state index in [0.717, 1.165) is 0 Å². The fraction of sp³-hybridized carbons (Fsp3) is 0.800. The highest BCUT2D eigenvalue weighted by atomic mass is 16.7. The Morgan fingerprint density at radius 2 is 1.78 bits per heavy atom. The average Bonchev–Trinajstić information content (AvgIpc) is 2.59. The molecule has 6 unspecified atom stereocenters. The Balaban J connectivity index is 3.09. The van der Waals surface area contributed by atoms with Gasteiger partial charge < -0.3 is 33.2 Å². The largest absolute Gasteiger partial charge is 0.467 e. The molecular weight excluding hydrogens is 308 g/mol. The molecule has 8 nitrogen and oxygen atoms in total. The van der Waals surface area contributed by atoms with Crippen LogP contribution in [0, 0.1) is 12.3 Å². The molecule has 8 heteroatoms. The highest BCUT2D eigenvalue weighted by molar-refractivity contribution is 5.75. The van der Waals surface area contributed by atoms with Crippen molar-refractivity contribution in [1.29, 1.82) is 0 Å². The van der Waals surface area contributed by atoms with Gasteiger partial charge in [0, 0.05) is 27.9 Å². The molecule has 0 amide bonds. The van der Waals surface area contributed by atoms with E-state index in [1.807, 2.05) is 0 Å². The summed E-state index contributed by atoms with van der Waals surface area (Å²) >= 11 is 0. The number of carbonyl (C=O) groups is 1. The van der Waals surface area contributed by atoms with Crippen molar-refractivity contribution in [2.45, 2.75) is 43.9 Å². The molecule has 23 heavy (non-hydrogen) atoms. The Hall–Kier alpha value is -1.21. The number of rotatable bonds is 8. The summed E-state index contributed by atoms with van der Waals surface area (Å²) in [5.41, 5.74) is 0. The van der Waals surface area contributed by atoms with E-state index >= 15 is 0 Å². The minimum Gasteiger partial charge on any atom is -0.467 e. The summed E-state index contributed by atoms with van der Waals surface area (Å²) < 4.78 is 37.4. The molecule has 0 spiro atoms. The van der Waals surface area contributed by atoms with Crippen LogP contribution in [0.5, 0.6) is 0 Å². The van der Waals surface area contributed by atoms with Crippen molar-refractivity contribution >= 4 is 5.97 Å². The number of carbonyl (C=O) groups excluding carboxylic acids is 1. The molecule has 0 aromatic rings. The maximum atomic E-state index is 12.1. The second-order valence-electron chi connectivity index (χ2n) is 4.64. The molecule has 132 valence electrons. The lowest BCUT2D eigenvalue weighted by molar-refractivity contribution is -0.316. The topological polar surface area (TPSA) is 81.7 Å². The summed E-state index contributed by atoms with van der Waals surface area (Å²) in [6.07, 6.45) is 0.291. The van der Waals surface area contributed by atoms with E-state index in [4.69, 9.17) is 39.6 Å². The van der Waals surface area contributed by atoms with Gasteiger partial charge in [0.2, 0.25) is 6.29 Å². The molecular formula is C15H24O8. The molecule has 1 fully saturated rings. The fourth-order valence-corrected chi connectivity index (χ4v) is 2.39. The van der Waals surface area contributed by atoms with E-state index in [1.54, 1.807) is 6.92 Å². The summed E-state index contributed by atoms with van der Waals surface area (Å²) in [5, 5.41) is 0. The average molecular weight is 332 g/mol. The highest BCUT2D eigenvalue weighted by Crippen LogP contribution is 2.29. The van der Waals surface area contributed by atoms with Crippen LogP contribution < -0.4 is 0 Å². The molecule has 1 rings (SSSR count). The van der Waals surface area contributed by atoms with E-state index in [1.165, 1.54) is 28.4 Å². The van der Waals surface area contributed by atoms with Gasteiger partial charge in [0.25, 0.3) is 0 Å². The summed E-state index contributed by atoms with van der Waals surface area (Å²) in [6.45, 7) is 2.12. The third-order valence-corrected chi connectivity index (χ3v) is 3.44. The van der Waals surface area contributed by atoms with Crippen LogP contribution in [0.3, 0.4) is 0 Å². The number of ether oxygens (including phenoxy) is 7. The number of esters is 1. The van der Waals surface area contributed by atoms with Crippen molar-refractivity contribution in [3.05, 3.63) is 0 Å². The van der Waals surface area contributed by atoms with Crippen LogP contribution in [0.4, 0.5) is 0 Å². The maximum Gasteiger partial charge on any atom is 0.337 e. The van der Waals surface area contributed by atoms with Gasteiger partial charge in [-0.15, -0.1) is 6.42 Å². The van der Waals surface area contributed by atoms with E-state index in [-0.39, 0.29) is 0 Å². The summed E-state index contributed by atoms with van der Waals surface area (Å²) in [6, 6.07) is 0. The van der Waals surface area contributed by atoms with Crippen LogP contribution in [0.2, 0.25) is 0 Å². The van der Waals surface area contributed by atoms with E-state index in [2.05, 4.69) is 5.92 Å². The fourth-order valence-electron chi connectivity index (χ4n) is 2.39. The Morgan fingerprint density at radius 1 is 1.13 bits per heavy atom. The van der Waals surface area contributed by atoms with Gasteiger partial charge in [0.1, 0.15) is 18.3 Å². The minimum atomic E-state index is -1.10. The van der Waals surface area contributed by atoms with Gasteiger partial charge in [0.05, 0.1) is 7.11 Å². The molecule has 0 aromatic heterocycles. The summed E-state index contributed by atoms with van der Waals surface area (Å²) in [7, 11) is 5.62. The van der Waals surface area contributed by atoms with Crippen molar-refractivity contribution in [1.82, 2.24) is 0 Å². The van der Waals surface area contributed by atoms with E-state index < -0.39 is 43.0 Å². The monoisotopic (exact) mass is 332 g/mol. The zero-order chi connectivity index (χ0) is 17.4. The Kier molecular flexibility index (Phi) is 8.47. The number of hydrogen-bond donors (Lipinski definition) is 0. The number of hydrogen-bond acceptors (Lipinski definition) is 8. The van der Waals surface area contributed by atoms with Crippen LogP contribution >= 0.6 is 0 Å². The van der Waals surface area contributed by atoms with Crippen LogP contribution in [-0.2, 0) is 38.0 Å². The van der Waals surface area contributed by atoms with Crippen LogP contribution in [0.15, 0.2) is 0 Å². The quantitative estimate of drug-likeness (QED) is 0.347. The van der Waals surface area contributed by atoms with Crippen LogP contribution in [0.25, 0.3) is 0 Å². The predicted molar refractivity (Wildman–Crippen MR) is 78.4 cm³/mol. The van der Waals surface area contributed by atoms with Gasteiger partial charge in [0.15, 0.2) is 12.4 Å². The smallest absolute Gasteiger partial charge is 0.337 e. The van der Waals surface area contributed by atoms with Gasteiger partial charge in [-0.25, -0.2) is 4.79 Å². The lowest BCUT2D eigenvalue weighted by Crippen LogP contribution is -2.63. The third kappa shape index (κ3) is 4.64. The Labute approximate surface area is 136 Å². The molecule has 1 aliphatic rings. The molecule has 0 bridgehead atoms. The molecule has 1 saturated heterocycles. The molecule has 0 aliphatic carbocycles. The standard InChI is InChI=1S/C15H24O8/c1-7-9(21-8-2)22-11-10(17-3)13(18-4)15(20-6)23-12(11)14(16)19-5/h1,9-13,15H,8H2,2-6H3. The summed E-state index contributed by atoms with van der Waals surface area (Å²) in [4.78, 5) is 12.1. The van der Waals surface area contributed by atoms with Crippen molar-refractivity contribution in [3.8, 4) is 12.3 Å². The van der Waals surface area contributed by atoms with Crippen molar-refractivity contribution in [2.75, 3.05) is 35.0 Å². The predicted octanol–water partition coefficient (Wildman–Crippen LogP) is -0.0583. The minimum absolute atomic E-state index is 0.345. The highest BCUT2D eigenvalue weighted by Gasteiger charge is 2.51. The maximum absolute atomic E-state index is 12.1. The first-order valence-corrected chi connectivity index (χ1v) is 7.12. The van der Waals surface area contributed by atoms with Crippen molar-refractivity contribution in [3.63, 3.8) is 0 Å². The molecule has 1 aliphatic heterocycles. The molecule has 0 aromatic carbocycles. The Morgan fingerprint density at radius 3 is 2.22 bits per heavy atom. The van der Waals surface area contributed by atoms with Crippen LogP contribution in [0.1, 0.15) is 6.92 Å². The zero-order valence-electron chi connectivity index (χ0n) is 14.0. The Bertz CT molecular complexity index is 407. The second kappa shape index (κ2) is 9.82. The summed E-state index contributed by atoms with van der Waals surface area (Å²) in [5.74, 6) is 1.71. The first-order chi connectivity index (χ1) is 11.1. The normalized spacial score (nSPS) is 32.1. The first-order valence-electron chi connectivity index (χ1n) is 7.12. The molecule has 6 atom stereocenters. The SMILES string of the molecule is C#CC(OCC)OC1C(C(=O)OC)OC(OC)C(OC)C1OC. The van der Waals surface area contributed by atoms with Gasteiger partial charge in [-0.1, -0.05) is 0 Å². The number of methoxy groups -OCH3 is 4. The van der Waals surface area contributed by atoms with Gasteiger partial charge in [-0.05, 0) is 12.8 Å². The molecule has 0 saturated carbocycles. The lowest BCUT2D eigenvalue weighted by atomic mass is 9.98. The van der Waals surface area contributed by atoms with E-state index in [0.29, 0.717) is 6.61 Å². The second-order valence-corrected chi connectivity index (χ2v) is 4.64. The van der Waals surface area contributed by atoms with Gasteiger partial charge >= 0.3 is 5.97 Å². The van der Waals surface area contributed by atoms with Gasteiger partial charge in [-0.2, -0.15) is 0 Å². The molecule has 0 N–H and O–H groups in total. The van der Waals surface area contributed by atoms with Gasteiger partial charge in [-0.3, -0.25) is 0 Å². The number of terminal acetylenes is 1. The molecule has 1 heterocycles.